The van der Waals surface area contributed by atoms with E-state index in [4.69, 9.17) is 0 Å². The summed E-state index contributed by atoms with van der Waals surface area (Å²) in [6.07, 6.45) is 2.77. The highest BCUT2D eigenvalue weighted by Gasteiger charge is 2.49. The Bertz CT molecular complexity index is 1010. The average molecular weight is 405 g/mol. The van der Waals surface area contributed by atoms with Gasteiger partial charge in [-0.05, 0) is 77.8 Å². The predicted octanol–water partition coefficient (Wildman–Crippen LogP) is 5.78. The molecule has 1 N–H and O–H groups in total. The van der Waals surface area contributed by atoms with Gasteiger partial charge in [0.05, 0.1) is 0 Å². The molecule has 1 aliphatic carbocycles. The first-order valence-electron chi connectivity index (χ1n) is 10.5. The molecule has 0 heterocycles. The fraction of sp³-hybridized carbons (Fsp3) is 0.269. The van der Waals surface area contributed by atoms with Crippen molar-refractivity contribution in [2.45, 2.75) is 38.0 Å². The average Bonchev–Trinajstić information content (AvgIpc) is 3.02. The van der Waals surface area contributed by atoms with Gasteiger partial charge >= 0.3 is 0 Å². The number of benzene rings is 3. The molecule has 0 bridgehead atoms. The topological polar surface area (TPSA) is 29.1 Å². The van der Waals surface area contributed by atoms with Crippen LogP contribution in [0.3, 0.4) is 0 Å². The van der Waals surface area contributed by atoms with Gasteiger partial charge in [0.15, 0.2) is 0 Å². The van der Waals surface area contributed by atoms with Crippen LogP contribution in [0.15, 0.2) is 66.7 Å². The second kappa shape index (κ2) is 8.39. The summed E-state index contributed by atoms with van der Waals surface area (Å²) in [7, 11) is 0. The molecule has 0 radical (unpaired) electrons. The number of amides is 1. The van der Waals surface area contributed by atoms with Gasteiger partial charge in [0, 0.05) is 6.54 Å². The molecule has 3 aromatic rings. The SMILES string of the molecule is CCCNC(=O)C1(CCCc2ccccc2)c2cc(F)ccc2-c2ccc(F)cc21. The maximum absolute atomic E-state index is 14.3. The molecule has 0 aromatic heterocycles. The summed E-state index contributed by atoms with van der Waals surface area (Å²) in [6, 6.07) is 19.2. The zero-order chi connectivity index (χ0) is 21.1. The Morgan fingerprint density at radius 1 is 0.900 bits per heavy atom. The highest BCUT2D eigenvalue weighted by atomic mass is 19.1. The van der Waals surface area contributed by atoms with E-state index < -0.39 is 17.0 Å². The van der Waals surface area contributed by atoms with E-state index in [0.29, 0.717) is 24.1 Å². The Morgan fingerprint density at radius 3 is 2.07 bits per heavy atom. The lowest BCUT2D eigenvalue weighted by molar-refractivity contribution is -0.125. The third kappa shape index (κ3) is 3.51. The third-order valence-corrected chi connectivity index (χ3v) is 5.96. The Morgan fingerprint density at radius 2 is 1.50 bits per heavy atom. The van der Waals surface area contributed by atoms with Crippen molar-refractivity contribution in [3.63, 3.8) is 0 Å². The molecule has 154 valence electrons. The zero-order valence-electron chi connectivity index (χ0n) is 17.1. The fourth-order valence-corrected chi connectivity index (χ4v) is 4.57. The number of carbonyl (C=O) groups excluding carboxylic acids is 1. The quantitative estimate of drug-likeness (QED) is 0.530. The smallest absolute Gasteiger partial charge is 0.235 e. The fourth-order valence-electron chi connectivity index (χ4n) is 4.57. The van der Waals surface area contributed by atoms with Crippen LogP contribution in [0.5, 0.6) is 0 Å². The van der Waals surface area contributed by atoms with Crippen LogP contribution in [-0.4, -0.2) is 12.5 Å². The molecule has 0 unspecified atom stereocenters. The van der Waals surface area contributed by atoms with Crippen LogP contribution >= 0.6 is 0 Å². The van der Waals surface area contributed by atoms with Gasteiger partial charge in [0.1, 0.15) is 17.0 Å². The van der Waals surface area contributed by atoms with E-state index in [0.717, 1.165) is 30.4 Å². The molecule has 2 nitrogen and oxygen atoms in total. The number of halogens is 2. The summed E-state index contributed by atoms with van der Waals surface area (Å²) in [4.78, 5) is 13.6. The van der Waals surface area contributed by atoms with Gasteiger partial charge in [-0.2, -0.15) is 0 Å². The van der Waals surface area contributed by atoms with Crippen molar-refractivity contribution in [2.24, 2.45) is 0 Å². The first-order valence-corrected chi connectivity index (χ1v) is 10.5. The van der Waals surface area contributed by atoms with E-state index in [-0.39, 0.29) is 5.91 Å². The largest absolute Gasteiger partial charge is 0.355 e. The first-order chi connectivity index (χ1) is 14.6. The van der Waals surface area contributed by atoms with Crippen LogP contribution in [0.1, 0.15) is 42.9 Å². The maximum atomic E-state index is 14.3. The summed E-state index contributed by atoms with van der Waals surface area (Å²) in [5, 5.41) is 3.00. The number of carbonyl (C=O) groups is 1. The highest BCUT2D eigenvalue weighted by Crippen LogP contribution is 2.52. The molecule has 1 amide bonds. The van der Waals surface area contributed by atoms with Crippen molar-refractivity contribution in [3.8, 4) is 11.1 Å². The number of fused-ring (bicyclic) bond motifs is 3. The lowest BCUT2D eigenvalue weighted by Gasteiger charge is -2.31. The number of aryl methyl sites for hydroxylation is 1. The second-order valence-corrected chi connectivity index (χ2v) is 7.88. The van der Waals surface area contributed by atoms with Crippen molar-refractivity contribution in [1.29, 1.82) is 0 Å². The molecule has 4 heteroatoms. The summed E-state index contributed by atoms with van der Waals surface area (Å²) in [5.74, 6) is -0.968. The molecular formula is C26H25F2NO. The molecule has 0 aliphatic heterocycles. The molecule has 0 fully saturated rings. The molecule has 4 rings (SSSR count). The monoisotopic (exact) mass is 405 g/mol. The van der Waals surface area contributed by atoms with Crippen LogP contribution in [0.2, 0.25) is 0 Å². The van der Waals surface area contributed by atoms with E-state index >= 15 is 0 Å². The van der Waals surface area contributed by atoms with Crippen LogP contribution in [-0.2, 0) is 16.6 Å². The number of rotatable bonds is 7. The van der Waals surface area contributed by atoms with Gasteiger partial charge in [0.2, 0.25) is 5.91 Å². The predicted molar refractivity (Wildman–Crippen MR) is 115 cm³/mol. The van der Waals surface area contributed by atoms with Gasteiger partial charge in [-0.15, -0.1) is 0 Å². The first kappa shape index (κ1) is 20.3. The molecule has 1 aliphatic rings. The van der Waals surface area contributed by atoms with Crippen molar-refractivity contribution in [1.82, 2.24) is 5.32 Å². The minimum Gasteiger partial charge on any atom is -0.355 e. The Hall–Kier alpha value is -3.01. The maximum Gasteiger partial charge on any atom is 0.235 e. The van der Waals surface area contributed by atoms with E-state index in [1.165, 1.54) is 29.8 Å². The minimum absolute atomic E-state index is 0.186. The third-order valence-electron chi connectivity index (χ3n) is 5.96. The molecule has 0 atom stereocenters. The highest BCUT2D eigenvalue weighted by molar-refractivity contribution is 6.00. The van der Waals surface area contributed by atoms with E-state index in [9.17, 15) is 13.6 Å². The van der Waals surface area contributed by atoms with Crippen molar-refractivity contribution < 1.29 is 13.6 Å². The van der Waals surface area contributed by atoms with Gasteiger partial charge in [-0.3, -0.25) is 4.79 Å². The van der Waals surface area contributed by atoms with Gasteiger partial charge in [-0.25, -0.2) is 8.78 Å². The van der Waals surface area contributed by atoms with Crippen molar-refractivity contribution in [3.05, 3.63) is 95.1 Å². The summed E-state index contributed by atoms with van der Waals surface area (Å²) < 4.78 is 28.6. The zero-order valence-corrected chi connectivity index (χ0v) is 17.1. The Labute approximate surface area is 176 Å². The lowest BCUT2D eigenvalue weighted by Crippen LogP contribution is -2.44. The lowest BCUT2D eigenvalue weighted by atomic mass is 9.73. The molecule has 0 spiro atoms. The van der Waals surface area contributed by atoms with E-state index in [1.807, 2.05) is 25.1 Å². The summed E-state index contributed by atoms with van der Waals surface area (Å²) >= 11 is 0. The summed E-state index contributed by atoms with van der Waals surface area (Å²) in [5.41, 5.74) is 2.95. The molecule has 0 saturated carbocycles. The van der Waals surface area contributed by atoms with Gasteiger partial charge in [-0.1, -0.05) is 49.4 Å². The van der Waals surface area contributed by atoms with Crippen LogP contribution in [0.4, 0.5) is 8.78 Å². The van der Waals surface area contributed by atoms with Gasteiger partial charge < -0.3 is 5.32 Å². The number of hydrogen-bond donors (Lipinski definition) is 1. The standard InChI is InChI=1S/C26H25F2NO/c1-2-15-29-25(30)26(14-6-9-18-7-4-3-5-8-18)23-16-19(27)10-12-21(23)22-13-11-20(28)17-24(22)26/h3-5,7-8,10-13,16-17H,2,6,9,14-15H2,1H3,(H,29,30). The number of nitrogens with one attached hydrogen (secondary N) is 1. The van der Waals surface area contributed by atoms with Crippen LogP contribution < -0.4 is 5.32 Å². The molecule has 0 saturated heterocycles. The van der Waals surface area contributed by atoms with E-state index in [1.54, 1.807) is 12.1 Å². The molecular weight excluding hydrogens is 380 g/mol. The Balaban J connectivity index is 1.80. The van der Waals surface area contributed by atoms with Crippen LogP contribution in [0.25, 0.3) is 11.1 Å². The molecule has 30 heavy (non-hydrogen) atoms. The normalized spacial score (nSPS) is 13.6. The molecule has 3 aromatic carbocycles. The van der Waals surface area contributed by atoms with Crippen LogP contribution in [0, 0.1) is 11.6 Å². The summed E-state index contributed by atoms with van der Waals surface area (Å²) in [6.45, 7) is 2.51. The van der Waals surface area contributed by atoms with E-state index in [2.05, 4.69) is 17.4 Å². The second-order valence-electron chi connectivity index (χ2n) is 7.88. The van der Waals surface area contributed by atoms with Gasteiger partial charge in [0.25, 0.3) is 0 Å². The number of hydrogen-bond acceptors (Lipinski definition) is 1. The van der Waals surface area contributed by atoms with Crippen molar-refractivity contribution in [2.75, 3.05) is 6.54 Å². The minimum atomic E-state index is -1.10. The Kier molecular flexibility index (Phi) is 5.67. The van der Waals surface area contributed by atoms with Crippen molar-refractivity contribution >= 4 is 5.91 Å².